The fourth-order valence-corrected chi connectivity index (χ4v) is 3.41. The molecule has 1 aliphatic heterocycles. The Morgan fingerprint density at radius 1 is 1.31 bits per heavy atom. The number of carbonyl (C=O) groups excluding carboxylic acids is 1. The smallest absolute Gasteiger partial charge is 0.247 e. The minimum absolute atomic E-state index is 0.0433. The van der Waals surface area contributed by atoms with E-state index < -0.39 is 5.95 Å². The average Bonchev–Trinajstić information content (AvgIpc) is 2.85. The highest BCUT2D eigenvalue weighted by Gasteiger charge is 2.19. The minimum atomic E-state index is -0.566. The topological polar surface area (TPSA) is 65.8 Å². The molecule has 1 saturated heterocycles. The van der Waals surface area contributed by atoms with Gasteiger partial charge in [0.25, 0.3) is 0 Å². The molecule has 1 aromatic carbocycles. The lowest BCUT2D eigenvalue weighted by Crippen LogP contribution is -2.24. The number of halogens is 1. The quantitative estimate of drug-likeness (QED) is 0.654. The summed E-state index contributed by atoms with van der Waals surface area (Å²) < 4.78 is 13.6. The molecule has 4 nitrogen and oxygen atoms in total. The monoisotopic (exact) mass is 349 g/mol. The van der Waals surface area contributed by atoms with Crippen LogP contribution in [0.15, 0.2) is 36.0 Å². The van der Waals surface area contributed by atoms with E-state index in [1.807, 2.05) is 13.8 Å². The lowest BCUT2D eigenvalue weighted by molar-refractivity contribution is -0.117. The number of hydrogen-bond acceptors (Lipinski definition) is 3. The van der Waals surface area contributed by atoms with Crippen molar-refractivity contribution in [3.63, 3.8) is 0 Å². The van der Waals surface area contributed by atoms with Crippen LogP contribution in [0.3, 0.4) is 0 Å². The van der Waals surface area contributed by atoms with E-state index in [1.54, 1.807) is 18.2 Å². The molecule has 132 valence electrons. The van der Waals surface area contributed by atoms with E-state index in [-0.39, 0.29) is 5.91 Å². The molecule has 1 aliphatic rings. The number of hydrogen-bond donors (Lipinski definition) is 1. The van der Waals surface area contributed by atoms with Gasteiger partial charge in [-0.3, -0.25) is 4.79 Å². The van der Waals surface area contributed by atoms with Crippen LogP contribution >= 0.6 is 0 Å². The average molecular weight is 349 g/mol. The number of carbonyl (C=O) groups is 1. The second-order valence-corrected chi connectivity index (χ2v) is 6.49. The standard InChI is InChI=1S/C21H20FN3O/c1-13(17-5-3-4-7-25-21(17)26)18-9-15(12-23)10-19(14(18)2)16-6-8-24-20(22)11-16/h6,8-11H,3-5,7H2,1-2H3,(H,25,26)/b17-13+. The van der Waals surface area contributed by atoms with Crippen molar-refractivity contribution in [2.24, 2.45) is 0 Å². The summed E-state index contributed by atoms with van der Waals surface area (Å²) in [6.45, 7) is 4.54. The maximum atomic E-state index is 13.6. The van der Waals surface area contributed by atoms with Crippen LogP contribution in [-0.4, -0.2) is 17.4 Å². The molecule has 0 radical (unpaired) electrons. The first kappa shape index (κ1) is 17.8. The van der Waals surface area contributed by atoms with Crippen LogP contribution in [0.1, 0.15) is 42.9 Å². The summed E-state index contributed by atoms with van der Waals surface area (Å²) >= 11 is 0. The number of pyridine rings is 1. The van der Waals surface area contributed by atoms with Gasteiger partial charge in [0.2, 0.25) is 11.9 Å². The molecule has 0 atom stereocenters. The molecule has 26 heavy (non-hydrogen) atoms. The summed E-state index contributed by atoms with van der Waals surface area (Å²) in [5, 5.41) is 12.4. The zero-order valence-electron chi connectivity index (χ0n) is 14.9. The molecule has 2 aromatic rings. The van der Waals surface area contributed by atoms with Gasteiger partial charge >= 0.3 is 0 Å². The van der Waals surface area contributed by atoms with Gasteiger partial charge in [0.1, 0.15) is 0 Å². The Kier molecular flexibility index (Phi) is 5.13. The maximum Gasteiger partial charge on any atom is 0.247 e. The molecule has 0 bridgehead atoms. The van der Waals surface area contributed by atoms with Crippen molar-refractivity contribution in [3.05, 3.63) is 58.7 Å². The molecule has 0 saturated carbocycles. The predicted molar refractivity (Wildman–Crippen MR) is 98.5 cm³/mol. The molecule has 1 amide bonds. The number of amides is 1. The van der Waals surface area contributed by atoms with E-state index >= 15 is 0 Å². The molecule has 1 fully saturated rings. The van der Waals surface area contributed by atoms with Crippen molar-refractivity contribution in [2.45, 2.75) is 33.1 Å². The van der Waals surface area contributed by atoms with Crippen LogP contribution in [-0.2, 0) is 4.79 Å². The summed E-state index contributed by atoms with van der Waals surface area (Å²) in [5.41, 5.74) is 5.31. The Balaban J connectivity index is 2.20. The van der Waals surface area contributed by atoms with E-state index in [1.165, 1.54) is 12.3 Å². The lowest BCUT2D eigenvalue weighted by atomic mass is 9.88. The summed E-state index contributed by atoms with van der Waals surface area (Å²) in [7, 11) is 0. The van der Waals surface area contributed by atoms with Crippen LogP contribution in [0.2, 0.25) is 0 Å². The molecular formula is C21H20FN3O. The van der Waals surface area contributed by atoms with E-state index in [2.05, 4.69) is 16.4 Å². The second kappa shape index (κ2) is 7.49. The number of nitrogens with one attached hydrogen (secondary N) is 1. The van der Waals surface area contributed by atoms with Gasteiger partial charge in [0, 0.05) is 24.4 Å². The van der Waals surface area contributed by atoms with Crippen LogP contribution in [0, 0.1) is 24.2 Å². The van der Waals surface area contributed by atoms with Gasteiger partial charge in [0.15, 0.2) is 0 Å². The Hall–Kier alpha value is -3.00. The first-order valence-corrected chi connectivity index (χ1v) is 8.66. The van der Waals surface area contributed by atoms with Crippen molar-refractivity contribution in [1.82, 2.24) is 10.3 Å². The number of nitriles is 1. The molecule has 0 unspecified atom stereocenters. The number of benzene rings is 1. The zero-order valence-corrected chi connectivity index (χ0v) is 14.9. The van der Waals surface area contributed by atoms with E-state index in [9.17, 15) is 14.4 Å². The highest BCUT2D eigenvalue weighted by atomic mass is 19.1. The van der Waals surface area contributed by atoms with Gasteiger partial charge in [0.05, 0.1) is 11.6 Å². The fraction of sp³-hybridized carbons (Fsp3) is 0.286. The highest BCUT2D eigenvalue weighted by molar-refractivity contribution is 6.01. The van der Waals surface area contributed by atoms with Crippen molar-refractivity contribution < 1.29 is 9.18 Å². The van der Waals surface area contributed by atoms with Crippen molar-refractivity contribution in [1.29, 1.82) is 5.26 Å². The minimum Gasteiger partial charge on any atom is -0.352 e. The van der Waals surface area contributed by atoms with Gasteiger partial charge in [-0.2, -0.15) is 9.65 Å². The molecule has 0 spiro atoms. The zero-order chi connectivity index (χ0) is 18.7. The number of aromatic nitrogens is 1. The second-order valence-electron chi connectivity index (χ2n) is 6.49. The summed E-state index contributed by atoms with van der Waals surface area (Å²) in [6.07, 6.45) is 4.03. The van der Waals surface area contributed by atoms with Crippen LogP contribution in [0.4, 0.5) is 4.39 Å². The summed E-state index contributed by atoms with van der Waals surface area (Å²) in [6, 6.07) is 8.79. The van der Waals surface area contributed by atoms with Crippen molar-refractivity contribution >= 4 is 11.5 Å². The van der Waals surface area contributed by atoms with Crippen LogP contribution in [0.5, 0.6) is 0 Å². The predicted octanol–water partition coefficient (Wildman–Crippen LogP) is 4.14. The molecule has 5 heteroatoms. The summed E-state index contributed by atoms with van der Waals surface area (Å²) in [5.74, 6) is -0.609. The number of allylic oxidation sites excluding steroid dienone is 1. The van der Waals surface area contributed by atoms with Gasteiger partial charge < -0.3 is 5.32 Å². The SMILES string of the molecule is C/C(=C1/CCCCNC1=O)c1cc(C#N)cc(-c2ccnc(F)c2)c1C. The summed E-state index contributed by atoms with van der Waals surface area (Å²) in [4.78, 5) is 16.0. The first-order valence-electron chi connectivity index (χ1n) is 8.66. The third kappa shape index (κ3) is 3.50. The van der Waals surface area contributed by atoms with Gasteiger partial charge in [-0.15, -0.1) is 0 Å². The Bertz CT molecular complexity index is 941. The molecular weight excluding hydrogens is 329 g/mol. The normalized spacial score (nSPS) is 16.5. The van der Waals surface area contributed by atoms with Gasteiger partial charge in [-0.05, 0) is 79.1 Å². The Morgan fingerprint density at radius 2 is 2.12 bits per heavy atom. The largest absolute Gasteiger partial charge is 0.352 e. The Morgan fingerprint density at radius 3 is 2.85 bits per heavy atom. The lowest BCUT2D eigenvalue weighted by Gasteiger charge is -2.16. The maximum absolute atomic E-state index is 13.6. The van der Waals surface area contributed by atoms with Crippen LogP contribution in [0.25, 0.3) is 16.7 Å². The third-order valence-corrected chi connectivity index (χ3v) is 4.84. The van der Waals surface area contributed by atoms with Crippen molar-refractivity contribution in [2.75, 3.05) is 6.54 Å². The fourth-order valence-electron chi connectivity index (χ4n) is 3.41. The first-order chi connectivity index (χ1) is 12.5. The van der Waals surface area contributed by atoms with Crippen LogP contribution < -0.4 is 5.32 Å². The van der Waals surface area contributed by atoms with Gasteiger partial charge in [-0.25, -0.2) is 4.98 Å². The van der Waals surface area contributed by atoms with E-state index in [4.69, 9.17) is 0 Å². The number of nitrogens with zero attached hydrogens (tertiary/aromatic N) is 2. The highest BCUT2D eigenvalue weighted by Crippen LogP contribution is 2.33. The Labute approximate surface area is 152 Å². The molecule has 3 rings (SSSR count). The van der Waals surface area contributed by atoms with E-state index in [0.29, 0.717) is 24.1 Å². The number of rotatable bonds is 2. The molecule has 2 heterocycles. The molecule has 1 aromatic heterocycles. The van der Waals surface area contributed by atoms with Crippen molar-refractivity contribution in [3.8, 4) is 17.2 Å². The molecule has 0 aliphatic carbocycles. The third-order valence-electron chi connectivity index (χ3n) is 4.84. The van der Waals surface area contributed by atoms with Gasteiger partial charge in [-0.1, -0.05) is 0 Å². The molecule has 1 N–H and O–H groups in total. The van der Waals surface area contributed by atoms with E-state index in [0.717, 1.165) is 40.7 Å².